The van der Waals surface area contributed by atoms with Crippen molar-refractivity contribution in [3.05, 3.63) is 52.5 Å². The van der Waals surface area contributed by atoms with Crippen molar-refractivity contribution in [2.75, 3.05) is 26.4 Å². The number of hydrogen-bond donors (Lipinski definition) is 1. The number of ether oxygens (including phenoxy) is 3. The van der Waals surface area contributed by atoms with Crippen LogP contribution in [-0.4, -0.2) is 32.3 Å². The molecule has 0 aliphatic carbocycles. The Morgan fingerprint density at radius 2 is 2.04 bits per heavy atom. The second-order valence-corrected chi connectivity index (χ2v) is 5.94. The molecule has 0 unspecified atom stereocenters. The number of rotatable bonds is 6. The van der Waals surface area contributed by atoms with Crippen LogP contribution in [0, 0.1) is 0 Å². The second kappa shape index (κ2) is 8.12. The summed E-state index contributed by atoms with van der Waals surface area (Å²) in [6.07, 6.45) is 0.638. The van der Waals surface area contributed by atoms with E-state index in [4.69, 9.17) is 25.8 Å². The quantitative estimate of drug-likeness (QED) is 0.855. The van der Waals surface area contributed by atoms with Crippen LogP contribution in [0.3, 0.4) is 0 Å². The molecule has 0 fully saturated rings. The largest absolute Gasteiger partial charge is 0.493 e. The molecule has 0 aromatic heterocycles. The second-order valence-electron chi connectivity index (χ2n) is 5.54. The van der Waals surface area contributed by atoms with Gasteiger partial charge in [-0.05, 0) is 43.2 Å². The van der Waals surface area contributed by atoms with Gasteiger partial charge in [0.25, 0.3) is 5.91 Å². The average molecular weight is 362 g/mol. The molecular weight excluding hydrogens is 342 g/mol. The van der Waals surface area contributed by atoms with Crippen LogP contribution >= 0.6 is 11.6 Å². The Bertz CT molecular complexity index is 763. The number of para-hydroxylation sites is 1. The summed E-state index contributed by atoms with van der Waals surface area (Å²) in [5, 5.41) is 3.44. The molecule has 6 heteroatoms. The Hall–Kier alpha value is -2.40. The minimum absolute atomic E-state index is 0.160. The Kier molecular flexibility index (Phi) is 5.66. The van der Waals surface area contributed by atoms with Crippen LogP contribution in [0.25, 0.3) is 0 Å². The lowest BCUT2D eigenvalue weighted by atomic mass is 10.1. The molecule has 1 aliphatic heterocycles. The Morgan fingerprint density at radius 1 is 1.24 bits per heavy atom. The van der Waals surface area contributed by atoms with Crippen LogP contribution in [0.15, 0.2) is 36.4 Å². The number of halogens is 1. The third-order valence-electron chi connectivity index (χ3n) is 3.79. The van der Waals surface area contributed by atoms with Crippen LogP contribution in [0.1, 0.15) is 22.8 Å². The van der Waals surface area contributed by atoms with Gasteiger partial charge in [0.15, 0.2) is 11.5 Å². The van der Waals surface area contributed by atoms with E-state index in [9.17, 15) is 4.79 Å². The minimum atomic E-state index is -0.160. The monoisotopic (exact) mass is 361 g/mol. The van der Waals surface area contributed by atoms with Gasteiger partial charge in [0.05, 0.1) is 17.2 Å². The van der Waals surface area contributed by atoms with Crippen molar-refractivity contribution in [3.63, 3.8) is 0 Å². The molecule has 25 heavy (non-hydrogen) atoms. The average Bonchev–Trinajstić information content (AvgIpc) is 2.62. The van der Waals surface area contributed by atoms with E-state index in [0.29, 0.717) is 60.6 Å². The molecule has 0 bridgehead atoms. The summed E-state index contributed by atoms with van der Waals surface area (Å²) >= 11 is 6.23. The van der Waals surface area contributed by atoms with Gasteiger partial charge in [0.2, 0.25) is 0 Å². The van der Waals surface area contributed by atoms with Gasteiger partial charge < -0.3 is 19.5 Å². The number of hydrogen-bond acceptors (Lipinski definition) is 4. The Morgan fingerprint density at radius 3 is 2.88 bits per heavy atom. The predicted octanol–water partition coefficient (Wildman–Crippen LogP) is 3.48. The summed E-state index contributed by atoms with van der Waals surface area (Å²) in [5.74, 6) is 1.67. The highest BCUT2D eigenvalue weighted by atomic mass is 35.5. The van der Waals surface area contributed by atoms with Crippen LogP contribution in [-0.2, 0) is 6.42 Å². The van der Waals surface area contributed by atoms with Gasteiger partial charge in [-0.3, -0.25) is 4.79 Å². The fourth-order valence-electron chi connectivity index (χ4n) is 2.66. The molecule has 1 amide bonds. The summed E-state index contributed by atoms with van der Waals surface area (Å²) in [6, 6.07) is 11.0. The fourth-order valence-corrected chi connectivity index (χ4v) is 2.95. The number of amides is 1. The molecule has 0 radical (unpaired) electrons. The molecule has 5 nitrogen and oxygen atoms in total. The first-order valence-electron chi connectivity index (χ1n) is 8.27. The lowest BCUT2D eigenvalue weighted by molar-refractivity contribution is 0.0950. The zero-order valence-corrected chi connectivity index (χ0v) is 14.8. The first-order valence-corrected chi connectivity index (χ1v) is 8.65. The number of fused-ring (bicyclic) bond motifs is 1. The van der Waals surface area contributed by atoms with Crippen molar-refractivity contribution in [2.45, 2.75) is 13.3 Å². The van der Waals surface area contributed by atoms with Crippen LogP contribution in [0.4, 0.5) is 0 Å². The molecule has 1 aliphatic rings. The Labute approximate surface area is 151 Å². The number of benzene rings is 2. The van der Waals surface area contributed by atoms with Crippen molar-refractivity contribution < 1.29 is 19.0 Å². The highest BCUT2D eigenvalue weighted by molar-refractivity contribution is 6.32. The summed E-state index contributed by atoms with van der Waals surface area (Å²) < 4.78 is 16.6. The standard InChI is InChI=1S/C19H20ClNO4/c1-2-23-16-6-4-3-5-14(16)19(22)21-8-7-13-11-15(20)18-17(12-13)24-9-10-25-18/h3-6,11-12H,2,7-10H2,1H3,(H,21,22). The van der Waals surface area contributed by atoms with E-state index in [2.05, 4.69) is 5.32 Å². The van der Waals surface area contributed by atoms with Crippen LogP contribution < -0.4 is 19.5 Å². The zero-order chi connectivity index (χ0) is 17.6. The molecule has 2 aromatic carbocycles. The normalized spacial score (nSPS) is 12.6. The topological polar surface area (TPSA) is 56.8 Å². The molecule has 0 atom stereocenters. The molecule has 1 N–H and O–H groups in total. The minimum Gasteiger partial charge on any atom is -0.493 e. The lowest BCUT2D eigenvalue weighted by Gasteiger charge is -2.20. The van der Waals surface area contributed by atoms with Gasteiger partial charge in [-0.2, -0.15) is 0 Å². The van der Waals surface area contributed by atoms with Crippen molar-refractivity contribution in [2.24, 2.45) is 0 Å². The predicted molar refractivity (Wildman–Crippen MR) is 96.1 cm³/mol. The molecule has 3 rings (SSSR count). The molecular formula is C19H20ClNO4. The highest BCUT2D eigenvalue weighted by Crippen LogP contribution is 2.38. The van der Waals surface area contributed by atoms with Crippen molar-refractivity contribution in [1.29, 1.82) is 0 Å². The molecule has 0 spiro atoms. The van der Waals surface area contributed by atoms with Crippen molar-refractivity contribution in [1.82, 2.24) is 5.32 Å². The van der Waals surface area contributed by atoms with E-state index in [1.54, 1.807) is 12.1 Å². The summed E-state index contributed by atoms with van der Waals surface area (Å²) in [7, 11) is 0. The summed E-state index contributed by atoms with van der Waals surface area (Å²) in [4.78, 5) is 12.4. The van der Waals surface area contributed by atoms with E-state index in [0.717, 1.165) is 5.56 Å². The Balaban J connectivity index is 1.61. The number of carbonyl (C=O) groups is 1. The maximum absolute atomic E-state index is 12.4. The van der Waals surface area contributed by atoms with E-state index in [1.165, 1.54) is 0 Å². The molecule has 0 saturated carbocycles. The van der Waals surface area contributed by atoms with Crippen LogP contribution in [0.2, 0.25) is 5.02 Å². The first kappa shape index (κ1) is 17.4. The van der Waals surface area contributed by atoms with E-state index >= 15 is 0 Å². The highest BCUT2D eigenvalue weighted by Gasteiger charge is 2.17. The van der Waals surface area contributed by atoms with Crippen molar-refractivity contribution >= 4 is 17.5 Å². The number of carbonyl (C=O) groups excluding carboxylic acids is 1. The molecule has 1 heterocycles. The zero-order valence-electron chi connectivity index (χ0n) is 14.0. The third kappa shape index (κ3) is 4.17. The molecule has 0 saturated heterocycles. The van der Waals surface area contributed by atoms with Gasteiger partial charge in [-0.1, -0.05) is 23.7 Å². The van der Waals surface area contributed by atoms with Crippen molar-refractivity contribution in [3.8, 4) is 17.2 Å². The number of nitrogens with one attached hydrogen (secondary N) is 1. The van der Waals surface area contributed by atoms with E-state index in [1.807, 2.05) is 31.2 Å². The molecule has 2 aromatic rings. The summed E-state index contributed by atoms with van der Waals surface area (Å²) in [5.41, 5.74) is 1.51. The van der Waals surface area contributed by atoms with Gasteiger partial charge in [-0.15, -0.1) is 0 Å². The lowest BCUT2D eigenvalue weighted by Crippen LogP contribution is -2.26. The van der Waals surface area contributed by atoms with E-state index < -0.39 is 0 Å². The maximum atomic E-state index is 12.4. The summed E-state index contributed by atoms with van der Waals surface area (Å²) in [6.45, 7) is 3.90. The molecule has 132 valence electrons. The SMILES string of the molecule is CCOc1ccccc1C(=O)NCCc1cc(Cl)c2c(c1)OCCO2. The smallest absolute Gasteiger partial charge is 0.255 e. The van der Waals surface area contributed by atoms with Gasteiger partial charge >= 0.3 is 0 Å². The fraction of sp³-hybridized carbons (Fsp3) is 0.316. The third-order valence-corrected chi connectivity index (χ3v) is 4.07. The first-order chi connectivity index (χ1) is 12.2. The van der Waals surface area contributed by atoms with Gasteiger partial charge in [0, 0.05) is 6.54 Å². The van der Waals surface area contributed by atoms with Gasteiger partial charge in [-0.25, -0.2) is 0 Å². The van der Waals surface area contributed by atoms with Gasteiger partial charge in [0.1, 0.15) is 19.0 Å². The maximum Gasteiger partial charge on any atom is 0.255 e. The van der Waals surface area contributed by atoms with Crippen LogP contribution in [0.5, 0.6) is 17.2 Å². The van der Waals surface area contributed by atoms with E-state index in [-0.39, 0.29) is 5.91 Å².